The summed E-state index contributed by atoms with van der Waals surface area (Å²) in [6.45, 7) is 0. The molecule has 25 heavy (non-hydrogen) atoms. The van der Waals surface area contributed by atoms with E-state index in [4.69, 9.17) is 0 Å². The number of halogens is 3. The summed E-state index contributed by atoms with van der Waals surface area (Å²) in [5, 5.41) is 2.50. The first-order valence-electron chi connectivity index (χ1n) is 7.40. The molecule has 0 aliphatic rings. The number of aromatic amines is 1. The molecule has 2 N–H and O–H groups in total. The molecule has 0 radical (unpaired) electrons. The fraction of sp³-hybridized carbons (Fsp3) is 0.176. The summed E-state index contributed by atoms with van der Waals surface area (Å²) in [7, 11) is 3.66. The second kappa shape index (κ2) is 6.12. The van der Waals surface area contributed by atoms with Crippen molar-refractivity contribution in [2.45, 2.75) is 6.18 Å². The van der Waals surface area contributed by atoms with Gasteiger partial charge in [-0.3, -0.25) is 4.79 Å². The molecule has 0 fully saturated rings. The number of anilines is 2. The van der Waals surface area contributed by atoms with E-state index in [2.05, 4.69) is 15.3 Å². The van der Waals surface area contributed by atoms with Gasteiger partial charge in [-0.1, -0.05) is 12.1 Å². The maximum Gasteiger partial charge on any atom is 0.417 e. The molecule has 0 saturated carbocycles. The number of imidazole rings is 1. The standard InChI is InChI=1S/C17H15F3N4O/c1-24(2)16-22-13-8-7-10(9-14(13)23-16)21-15(25)11-5-3-4-6-12(11)17(18,19)20/h3-9H,1-2H3,(H,21,25)(H,22,23). The summed E-state index contributed by atoms with van der Waals surface area (Å²) in [4.78, 5) is 21.5. The van der Waals surface area contributed by atoms with Crippen molar-refractivity contribution in [2.24, 2.45) is 0 Å². The van der Waals surface area contributed by atoms with Gasteiger partial charge in [0.1, 0.15) is 0 Å². The zero-order valence-electron chi connectivity index (χ0n) is 13.5. The Labute approximate surface area is 141 Å². The molecule has 0 spiro atoms. The van der Waals surface area contributed by atoms with Crippen molar-refractivity contribution in [3.8, 4) is 0 Å². The minimum absolute atomic E-state index is 0.378. The van der Waals surface area contributed by atoms with E-state index in [-0.39, 0.29) is 0 Å². The van der Waals surface area contributed by atoms with Crippen molar-refractivity contribution >= 4 is 28.6 Å². The summed E-state index contributed by atoms with van der Waals surface area (Å²) in [5.74, 6) is -0.180. The van der Waals surface area contributed by atoms with E-state index in [1.807, 2.05) is 14.1 Å². The number of fused-ring (bicyclic) bond motifs is 1. The predicted octanol–water partition coefficient (Wildman–Crippen LogP) is 3.90. The van der Waals surface area contributed by atoms with Gasteiger partial charge in [-0.05, 0) is 30.3 Å². The van der Waals surface area contributed by atoms with Gasteiger partial charge in [0, 0.05) is 19.8 Å². The van der Waals surface area contributed by atoms with Crippen molar-refractivity contribution in [2.75, 3.05) is 24.3 Å². The molecule has 1 amide bonds. The third-order valence-electron chi connectivity index (χ3n) is 3.63. The maximum absolute atomic E-state index is 13.0. The van der Waals surface area contributed by atoms with Crippen LogP contribution in [0.2, 0.25) is 0 Å². The number of nitrogens with one attached hydrogen (secondary N) is 2. The molecule has 1 heterocycles. The van der Waals surface area contributed by atoms with Crippen LogP contribution in [-0.4, -0.2) is 30.0 Å². The summed E-state index contributed by atoms with van der Waals surface area (Å²) >= 11 is 0. The molecule has 0 unspecified atom stereocenters. The molecule has 5 nitrogen and oxygen atoms in total. The number of hydrogen-bond donors (Lipinski definition) is 2. The molecule has 0 bridgehead atoms. The number of alkyl halides is 3. The Bertz CT molecular complexity index is 931. The average molecular weight is 348 g/mol. The molecule has 1 aromatic heterocycles. The van der Waals surface area contributed by atoms with Crippen molar-refractivity contribution in [3.63, 3.8) is 0 Å². The number of rotatable bonds is 3. The van der Waals surface area contributed by atoms with Crippen LogP contribution >= 0.6 is 0 Å². The van der Waals surface area contributed by atoms with Crippen LogP contribution in [0.1, 0.15) is 15.9 Å². The minimum Gasteiger partial charge on any atom is -0.349 e. The zero-order chi connectivity index (χ0) is 18.2. The highest BCUT2D eigenvalue weighted by molar-refractivity contribution is 6.06. The largest absolute Gasteiger partial charge is 0.417 e. The molecule has 3 aromatic rings. The predicted molar refractivity (Wildman–Crippen MR) is 89.8 cm³/mol. The highest BCUT2D eigenvalue weighted by Crippen LogP contribution is 2.32. The Morgan fingerprint density at radius 3 is 2.56 bits per heavy atom. The van der Waals surface area contributed by atoms with Crippen LogP contribution in [0.25, 0.3) is 11.0 Å². The third-order valence-corrected chi connectivity index (χ3v) is 3.63. The number of aromatic nitrogens is 2. The monoisotopic (exact) mass is 348 g/mol. The number of amides is 1. The van der Waals surface area contributed by atoms with E-state index in [1.54, 1.807) is 23.1 Å². The highest BCUT2D eigenvalue weighted by atomic mass is 19.4. The lowest BCUT2D eigenvalue weighted by Crippen LogP contribution is -2.18. The van der Waals surface area contributed by atoms with E-state index >= 15 is 0 Å². The van der Waals surface area contributed by atoms with Gasteiger partial charge in [-0.15, -0.1) is 0 Å². The number of nitrogens with zero attached hydrogens (tertiary/aromatic N) is 2. The number of carbonyl (C=O) groups excluding carboxylic acids is 1. The topological polar surface area (TPSA) is 61.0 Å². The van der Waals surface area contributed by atoms with Crippen LogP contribution < -0.4 is 10.2 Å². The quantitative estimate of drug-likeness (QED) is 0.755. The van der Waals surface area contributed by atoms with E-state index in [0.717, 1.165) is 12.1 Å². The lowest BCUT2D eigenvalue weighted by atomic mass is 10.1. The lowest BCUT2D eigenvalue weighted by molar-refractivity contribution is -0.137. The van der Waals surface area contributed by atoms with Crippen LogP contribution in [0, 0.1) is 0 Å². The summed E-state index contributed by atoms with van der Waals surface area (Å²) in [5.41, 5.74) is 0.352. The second-order valence-corrected chi connectivity index (χ2v) is 5.68. The lowest BCUT2D eigenvalue weighted by Gasteiger charge is -2.12. The Morgan fingerprint density at radius 1 is 1.16 bits per heavy atom. The number of H-pyrrole nitrogens is 1. The first-order valence-corrected chi connectivity index (χ1v) is 7.40. The number of benzene rings is 2. The van der Waals surface area contributed by atoms with Gasteiger partial charge < -0.3 is 15.2 Å². The molecule has 0 saturated heterocycles. The van der Waals surface area contributed by atoms with E-state index in [1.165, 1.54) is 12.1 Å². The molecular formula is C17H15F3N4O. The maximum atomic E-state index is 13.0. The van der Waals surface area contributed by atoms with E-state index in [9.17, 15) is 18.0 Å². The molecule has 3 rings (SSSR count). The van der Waals surface area contributed by atoms with Gasteiger partial charge in [0.25, 0.3) is 5.91 Å². The molecule has 0 atom stereocenters. The second-order valence-electron chi connectivity index (χ2n) is 5.68. The van der Waals surface area contributed by atoms with Gasteiger partial charge in [-0.25, -0.2) is 4.98 Å². The Balaban J connectivity index is 1.90. The Morgan fingerprint density at radius 2 is 1.88 bits per heavy atom. The smallest absolute Gasteiger partial charge is 0.349 e. The molecule has 2 aromatic carbocycles. The zero-order valence-corrected chi connectivity index (χ0v) is 13.5. The van der Waals surface area contributed by atoms with Crippen molar-refractivity contribution in [1.82, 2.24) is 9.97 Å². The van der Waals surface area contributed by atoms with Gasteiger partial charge in [0.05, 0.1) is 22.2 Å². The summed E-state index contributed by atoms with van der Waals surface area (Å²) in [6.07, 6.45) is -4.60. The first kappa shape index (κ1) is 16.8. The minimum atomic E-state index is -4.60. The van der Waals surface area contributed by atoms with Gasteiger partial charge >= 0.3 is 6.18 Å². The molecule has 0 aliphatic heterocycles. The molecule has 8 heteroatoms. The van der Waals surface area contributed by atoms with Crippen LogP contribution in [0.5, 0.6) is 0 Å². The van der Waals surface area contributed by atoms with Crippen LogP contribution in [0.3, 0.4) is 0 Å². The summed E-state index contributed by atoms with van der Waals surface area (Å²) in [6, 6.07) is 9.59. The normalized spacial score (nSPS) is 11.6. The fourth-order valence-electron chi connectivity index (χ4n) is 2.41. The Kier molecular flexibility index (Phi) is 4.12. The van der Waals surface area contributed by atoms with Crippen LogP contribution in [0.4, 0.5) is 24.8 Å². The number of hydrogen-bond acceptors (Lipinski definition) is 3. The molecule has 0 aliphatic carbocycles. The van der Waals surface area contributed by atoms with Gasteiger partial charge in [0.15, 0.2) is 0 Å². The fourth-order valence-corrected chi connectivity index (χ4v) is 2.41. The molecule has 130 valence electrons. The first-order chi connectivity index (χ1) is 11.8. The van der Waals surface area contributed by atoms with Crippen molar-refractivity contribution in [3.05, 3.63) is 53.6 Å². The van der Waals surface area contributed by atoms with Crippen molar-refractivity contribution in [1.29, 1.82) is 0 Å². The van der Waals surface area contributed by atoms with Crippen molar-refractivity contribution < 1.29 is 18.0 Å². The third kappa shape index (κ3) is 3.42. The Hall–Kier alpha value is -3.03. The van der Waals surface area contributed by atoms with Crippen LogP contribution in [0.15, 0.2) is 42.5 Å². The SMILES string of the molecule is CN(C)c1nc2ccc(NC(=O)c3ccccc3C(F)(F)F)cc2[nH]1. The van der Waals surface area contributed by atoms with Gasteiger partial charge in [0.2, 0.25) is 5.95 Å². The highest BCUT2D eigenvalue weighted by Gasteiger charge is 2.34. The van der Waals surface area contributed by atoms with E-state index in [0.29, 0.717) is 22.7 Å². The van der Waals surface area contributed by atoms with Gasteiger partial charge in [-0.2, -0.15) is 13.2 Å². The van der Waals surface area contributed by atoms with E-state index < -0.39 is 23.2 Å². The molecular weight excluding hydrogens is 333 g/mol. The van der Waals surface area contributed by atoms with Crippen LogP contribution in [-0.2, 0) is 6.18 Å². The average Bonchev–Trinajstić information content (AvgIpc) is 2.97. The number of carbonyl (C=O) groups is 1. The summed E-state index contributed by atoms with van der Waals surface area (Å²) < 4.78 is 39.1.